The first-order valence-electron chi connectivity index (χ1n) is 24.8. The van der Waals surface area contributed by atoms with Crippen LogP contribution in [0.15, 0.2) is 59.8 Å². The van der Waals surface area contributed by atoms with Crippen molar-refractivity contribution >= 4 is 34.3 Å². The Bertz CT molecular complexity index is 2360. The number of hydrogen-bond donors (Lipinski definition) is 2. The molecule has 1 aliphatic carbocycles. The van der Waals surface area contributed by atoms with E-state index in [4.69, 9.17) is 23.7 Å². The summed E-state index contributed by atoms with van der Waals surface area (Å²) in [7, 11) is 0. The highest BCUT2D eigenvalue weighted by Gasteiger charge is 2.31. The molecular weight excluding hydrogens is 884 g/mol. The lowest BCUT2D eigenvalue weighted by molar-refractivity contribution is -0.122. The SMILES string of the molecule is Cc1ccc(N2CCC[C@H](N(Cc3ccnc(C)c3)Cc3cn(C4CC4)c4cc(N5CC[C@H](CNC(=O)CCOCCOCCOCCOCCNC(=O)OC(C)(C)C)C5)c(F)cc4c3=O)C2)cn1. The predicted molar refractivity (Wildman–Crippen MR) is 264 cm³/mol. The Labute approximate surface area is 406 Å². The molecule has 1 aromatic carbocycles. The molecular formula is C52H73FN8O8. The number of halogens is 1. The third kappa shape index (κ3) is 15.9. The number of alkyl carbamates (subject to hydrolysis) is 1. The minimum Gasteiger partial charge on any atom is -0.444 e. The number of piperidine rings is 1. The molecule has 69 heavy (non-hydrogen) atoms. The second kappa shape index (κ2) is 25.1. The van der Waals surface area contributed by atoms with Crippen LogP contribution in [-0.2, 0) is 41.6 Å². The van der Waals surface area contributed by atoms with Gasteiger partial charge < -0.3 is 48.7 Å². The second-order valence-electron chi connectivity index (χ2n) is 19.6. The number of pyridine rings is 3. The molecule has 0 spiro atoms. The number of fused-ring (bicyclic) bond motifs is 1. The first-order valence-corrected chi connectivity index (χ1v) is 24.8. The van der Waals surface area contributed by atoms with Gasteiger partial charge in [0.2, 0.25) is 5.91 Å². The van der Waals surface area contributed by atoms with Gasteiger partial charge in [-0.05, 0) is 115 Å². The number of nitrogens with one attached hydrogen (secondary N) is 2. The van der Waals surface area contributed by atoms with Crippen LogP contribution in [0.25, 0.3) is 10.9 Å². The summed E-state index contributed by atoms with van der Waals surface area (Å²) in [5, 5.41) is 6.09. The van der Waals surface area contributed by atoms with E-state index >= 15 is 4.39 Å². The predicted octanol–water partition coefficient (Wildman–Crippen LogP) is 6.48. The van der Waals surface area contributed by atoms with E-state index in [1.165, 1.54) is 6.07 Å². The van der Waals surface area contributed by atoms with Gasteiger partial charge in [-0.2, -0.15) is 0 Å². The molecule has 376 valence electrons. The van der Waals surface area contributed by atoms with E-state index in [0.717, 1.165) is 73.3 Å². The number of anilines is 2. The van der Waals surface area contributed by atoms with Crippen LogP contribution in [0, 0.1) is 25.6 Å². The van der Waals surface area contributed by atoms with Gasteiger partial charge in [-0.1, -0.05) is 0 Å². The van der Waals surface area contributed by atoms with Crippen molar-refractivity contribution in [3.05, 3.63) is 93.5 Å². The van der Waals surface area contributed by atoms with Crippen molar-refractivity contribution in [3.63, 3.8) is 0 Å². The van der Waals surface area contributed by atoms with E-state index in [1.54, 1.807) is 0 Å². The molecule has 3 aliphatic rings. The quantitative estimate of drug-likeness (QED) is 0.0696. The smallest absolute Gasteiger partial charge is 0.407 e. The van der Waals surface area contributed by atoms with Crippen LogP contribution >= 0.6 is 0 Å². The van der Waals surface area contributed by atoms with E-state index in [9.17, 15) is 14.4 Å². The van der Waals surface area contributed by atoms with Gasteiger partial charge in [0, 0.05) is 106 Å². The Balaban J connectivity index is 0.853. The van der Waals surface area contributed by atoms with Gasteiger partial charge in [-0.15, -0.1) is 0 Å². The highest BCUT2D eigenvalue weighted by atomic mass is 19.1. The van der Waals surface area contributed by atoms with Gasteiger partial charge in [-0.3, -0.25) is 24.5 Å². The van der Waals surface area contributed by atoms with Gasteiger partial charge >= 0.3 is 6.09 Å². The number of benzene rings is 1. The van der Waals surface area contributed by atoms with Crippen LogP contribution < -0.4 is 25.9 Å². The minimum atomic E-state index is -0.538. The van der Waals surface area contributed by atoms with Gasteiger partial charge in [0.05, 0.1) is 75.9 Å². The first kappa shape index (κ1) is 51.6. The van der Waals surface area contributed by atoms with Crippen LogP contribution in [-0.4, -0.2) is 135 Å². The summed E-state index contributed by atoms with van der Waals surface area (Å²) in [5.74, 6) is -0.330. The number of aryl methyl sites for hydroxylation is 2. The molecule has 2 aliphatic heterocycles. The van der Waals surface area contributed by atoms with E-state index < -0.39 is 17.5 Å². The van der Waals surface area contributed by atoms with Crippen molar-refractivity contribution in [1.29, 1.82) is 0 Å². The summed E-state index contributed by atoms with van der Waals surface area (Å²) >= 11 is 0. The van der Waals surface area contributed by atoms with Crippen molar-refractivity contribution in [3.8, 4) is 0 Å². The molecule has 0 bridgehead atoms. The van der Waals surface area contributed by atoms with Crippen molar-refractivity contribution < 1.29 is 37.7 Å². The maximum atomic E-state index is 16.3. The Morgan fingerprint density at radius 2 is 1.55 bits per heavy atom. The van der Waals surface area contributed by atoms with Crippen molar-refractivity contribution in [2.45, 2.75) is 104 Å². The summed E-state index contributed by atoms with van der Waals surface area (Å²) in [6.07, 6.45) is 10.5. The molecule has 3 aromatic heterocycles. The van der Waals surface area contributed by atoms with E-state index in [2.05, 4.69) is 64.1 Å². The molecule has 4 aromatic rings. The number of carbonyl (C=O) groups is 2. The van der Waals surface area contributed by atoms with Gasteiger partial charge in [-0.25, -0.2) is 9.18 Å². The maximum Gasteiger partial charge on any atom is 0.407 e. The topological polar surface area (TPSA) is 162 Å². The normalized spacial score (nSPS) is 17.5. The Morgan fingerprint density at radius 1 is 0.812 bits per heavy atom. The van der Waals surface area contributed by atoms with Crippen LogP contribution in [0.3, 0.4) is 0 Å². The zero-order chi connectivity index (χ0) is 48.8. The molecule has 0 unspecified atom stereocenters. The van der Waals surface area contributed by atoms with Crippen LogP contribution in [0.2, 0.25) is 0 Å². The third-order valence-electron chi connectivity index (χ3n) is 12.7. The number of rotatable bonds is 25. The number of nitrogens with zero attached hydrogens (tertiary/aromatic N) is 6. The Morgan fingerprint density at radius 3 is 2.25 bits per heavy atom. The summed E-state index contributed by atoms with van der Waals surface area (Å²) < 4.78 is 45.7. The molecule has 0 radical (unpaired) electrons. The lowest BCUT2D eigenvalue weighted by Gasteiger charge is -2.40. The van der Waals surface area contributed by atoms with E-state index in [0.29, 0.717) is 102 Å². The molecule has 2 amide bonds. The molecule has 17 heteroatoms. The molecule has 1 saturated carbocycles. The van der Waals surface area contributed by atoms with Crippen molar-refractivity contribution in [2.75, 3.05) is 102 Å². The third-order valence-corrected chi connectivity index (χ3v) is 12.7. The number of amides is 2. The van der Waals surface area contributed by atoms with E-state index in [-0.39, 0.29) is 42.4 Å². The molecule has 3 fully saturated rings. The lowest BCUT2D eigenvalue weighted by atomic mass is 10.0. The maximum absolute atomic E-state index is 16.3. The number of hydrogen-bond acceptors (Lipinski definition) is 13. The fourth-order valence-electron chi connectivity index (χ4n) is 9.06. The largest absolute Gasteiger partial charge is 0.444 e. The van der Waals surface area contributed by atoms with Crippen LogP contribution in [0.1, 0.15) is 87.9 Å². The molecule has 16 nitrogen and oxygen atoms in total. The molecule has 5 heterocycles. The van der Waals surface area contributed by atoms with Crippen molar-refractivity contribution in [2.24, 2.45) is 5.92 Å². The molecule has 2 saturated heterocycles. The zero-order valence-electron chi connectivity index (χ0n) is 41.3. The zero-order valence-corrected chi connectivity index (χ0v) is 41.3. The number of ether oxygens (including phenoxy) is 5. The van der Waals surface area contributed by atoms with Crippen molar-refractivity contribution in [1.82, 2.24) is 30.1 Å². The van der Waals surface area contributed by atoms with Gasteiger partial charge in [0.15, 0.2) is 5.43 Å². The fraction of sp³-hybridized carbons (Fsp3) is 0.596. The summed E-state index contributed by atoms with van der Waals surface area (Å²) in [6, 6.07) is 12.2. The molecule has 7 rings (SSSR count). The highest BCUT2D eigenvalue weighted by Crippen LogP contribution is 2.39. The lowest BCUT2D eigenvalue weighted by Crippen LogP contribution is -2.48. The Hall–Kier alpha value is -5.20. The van der Waals surface area contributed by atoms with Gasteiger partial charge in [0.25, 0.3) is 0 Å². The number of aromatic nitrogens is 3. The van der Waals surface area contributed by atoms with Crippen LogP contribution in [0.5, 0.6) is 0 Å². The summed E-state index contributed by atoms with van der Waals surface area (Å²) in [5.41, 5.74) is 5.49. The molecule has 2 atom stereocenters. The average Bonchev–Trinajstić information content (AvgIpc) is 4.06. The first-order chi connectivity index (χ1) is 33.3. The summed E-state index contributed by atoms with van der Waals surface area (Å²) in [4.78, 5) is 54.6. The van der Waals surface area contributed by atoms with Crippen LogP contribution in [0.4, 0.5) is 20.6 Å². The highest BCUT2D eigenvalue weighted by molar-refractivity contribution is 5.84. The fourth-order valence-corrected chi connectivity index (χ4v) is 9.06. The monoisotopic (exact) mass is 957 g/mol. The minimum absolute atomic E-state index is 0.0921. The molecule has 2 N–H and O–H groups in total. The van der Waals surface area contributed by atoms with E-state index in [1.807, 2.05) is 59.3 Å². The average molecular weight is 957 g/mol. The van der Waals surface area contributed by atoms with Gasteiger partial charge in [0.1, 0.15) is 11.4 Å². The standard InChI is InChI=1S/C52H73FN8O8/c1-37-8-9-43(31-56-37)58-17-6-7-44(36-58)60(32-39-12-15-54-38(2)27-39)34-41-35-61(42-10-11-42)47-29-48(46(53)28-45(47)50(41)63)59-18-13-40(33-59)30-57-49(62)14-19-65-21-23-67-25-26-68-24-22-66-20-16-55-51(64)69-52(3,4)5/h8-9,12,15,27-29,31,35,40,42,44H,6-7,10-11,13-14,16-26,30,32-34,36H2,1-5H3,(H,55,64)(H,57,62)/t40-,44+/m1/s1. The second-order valence-corrected chi connectivity index (χ2v) is 19.6. The Kier molecular flexibility index (Phi) is 18.8. The summed E-state index contributed by atoms with van der Waals surface area (Å²) in [6.45, 7) is 17.5. The number of carbonyl (C=O) groups excluding carboxylic acids is 2.